The van der Waals surface area contributed by atoms with Crippen LogP contribution in [-0.4, -0.2) is 38.4 Å². The number of aliphatic hydroxyl groups is 1. The van der Waals surface area contributed by atoms with Crippen molar-refractivity contribution in [2.45, 2.75) is 63.5 Å². The Bertz CT molecular complexity index is 1290. The molecule has 0 aliphatic carbocycles. The molecule has 2 N–H and O–H groups in total. The molecule has 0 aliphatic heterocycles. The predicted molar refractivity (Wildman–Crippen MR) is 148 cm³/mol. The summed E-state index contributed by atoms with van der Waals surface area (Å²) in [6.07, 6.45) is -0.865. The van der Waals surface area contributed by atoms with Crippen molar-refractivity contribution < 1.29 is 18.3 Å². The topological polar surface area (TPSA) is 86.7 Å². The molecule has 0 fully saturated rings. The van der Waals surface area contributed by atoms with Gasteiger partial charge in [-0.3, -0.25) is 4.79 Å². The van der Waals surface area contributed by atoms with Crippen LogP contribution in [0.2, 0.25) is 0 Å². The summed E-state index contributed by atoms with van der Waals surface area (Å²) in [5.41, 5.74) is 5.20. The Morgan fingerprint density at radius 2 is 1.41 bits per heavy atom. The highest BCUT2D eigenvalue weighted by Gasteiger charge is 2.24. The van der Waals surface area contributed by atoms with E-state index in [0.29, 0.717) is 6.54 Å². The zero-order valence-corrected chi connectivity index (χ0v) is 23.3. The Morgan fingerprint density at radius 1 is 0.865 bits per heavy atom. The molecule has 0 bridgehead atoms. The zero-order valence-electron chi connectivity index (χ0n) is 22.5. The summed E-state index contributed by atoms with van der Waals surface area (Å²) >= 11 is 0. The van der Waals surface area contributed by atoms with Crippen molar-refractivity contribution >= 4 is 15.9 Å². The van der Waals surface area contributed by atoms with E-state index in [2.05, 4.69) is 4.72 Å². The van der Waals surface area contributed by atoms with Gasteiger partial charge in [-0.15, -0.1) is 0 Å². The van der Waals surface area contributed by atoms with Crippen LogP contribution in [0.4, 0.5) is 0 Å². The van der Waals surface area contributed by atoms with Crippen LogP contribution in [0.5, 0.6) is 0 Å². The number of benzene rings is 3. The van der Waals surface area contributed by atoms with Gasteiger partial charge in [0.05, 0.1) is 11.3 Å². The fourth-order valence-electron chi connectivity index (χ4n) is 4.51. The van der Waals surface area contributed by atoms with Gasteiger partial charge in [-0.1, -0.05) is 82.3 Å². The highest BCUT2D eigenvalue weighted by molar-refractivity contribution is 7.90. The van der Waals surface area contributed by atoms with Crippen LogP contribution in [0.1, 0.15) is 79.0 Å². The Kier molecular flexibility index (Phi) is 9.29. The van der Waals surface area contributed by atoms with Gasteiger partial charge in [0.15, 0.2) is 0 Å². The lowest BCUT2D eigenvalue weighted by Crippen LogP contribution is -2.32. The van der Waals surface area contributed by atoms with Crippen LogP contribution in [0.3, 0.4) is 0 Å². The molecule has 0 spiro atoms. The smallest absolute Gasteiger partial charge is 0.264 e. The monoisotopic (exact) mass is 522 g/mol. The van der Waals surface area contributed by atoms with Gasteiger partial charge >= 0.3 is 0 Å². The molecule has 0 radical (unpaired) electrons. The Hall–Kier alpha value is -3.00. The van der Waals surface area contributed by atoms with E-state index in [1.807, 2.05) is 89.2 Å². The average molecular weight is 523 g/mol. The third-order valence-corrected chi connectivity index (χ3v) is 7.72. The average Bonchev–Trinajstić information content (AvgIpc) is 2.83. The number of hydrogen-bond donors (Lipinski definition) is 2. The molecule has 1 unspecified atom stereocenters. The first-order valence-electron chi connectivity index (χ1n) is 12.6. The van der Waals surface area contributed by atoms with Crippen molar-refractivity contribution in [3.63, 3.8) is 0 Å². The molecule has 1 amide bonds. The van der Waals surface area contributed by atoms with Crippen LogP contribution in [0.15, 0.2) is 71.6 Å². The zero-order chi connectivity index (χ0) is 27.3. The van der Waals surface area contributed by atoms with Crippen molar-refractivity contribution in [3.8, 4) is 0 Å². The van der Waals surface area contributed by atoms with E-state index in [-0.39, 0.29) is 23.2 Å². The molecule has 1 atom stereocenters. The summed E-state index contributed by atoms with van der Waals surface area (Å²) in [5.74, 6) is -0.439. The summed E-state index contributed by atoms with van der Waals surface area (Å²) in [4.78, 5) is 15.1. The van der Waals surface area contributed by atoms with Crippen molar-refractivity contribution in [2.24, 2.45) is 0 Å². The first-order chi connectivity index (χ1) is 17.4. The molecule has 198 valence electrons. The number of carbonyl (C=O) groups excluding carboxylic acids is 1. The molecule has 0 saturated heterocycles. The lowest BCUT2D eigenvalue weighted by molar-refractivity contribution is -0.118. The second-order valence-corrected chi connectivity index (χ2v) is 12.1. The van der Waals surface area contributed by atoms with Crippen LogP contribution in [0, 0.1) is 0 Å². The third kappa shape index (κ3) is 7.28. The summed E-state index contributed by atoms with van der Waals surface area (Å²) < 4.78 is 28.1. The highest BCUT2D eigenvalue weighted by Crippen LogP contribution is 2.34. The number of hydrogen-bond acceptors (Lipinski definition) is 5. The lowest BCUT2D eigenvalue weighted by Gasteiger charge is -2.23. The Labute approximate surface area is 221 Å². The number of aliphatic hydroxyl groups excluding tert-OH is 1. The van der Waals surface area contributed by atoms with Gasteiger partial charge in [0.25, 0.3) is 10.0 Å². The van der Waals surface area contributed by atoms with Crippen LogP contribution < -0.4 is 4.72 Å². The molecular formula is C30H38N2O4S. The van der Waals surface area contributed by atoms with Gasteiger partial charge < -0.3 is 10.0 Å². The standard InChI is InChI=1S/C30H38N2O4S/c1-20(2)26-16-24(30(34)23-10-8-7-9-11-23)17-27(21(3)4)28(26)18-29(33)31-37(35,36)25-14-12-22(13-15-25)19-32(5)6/h7-17,20-21,30,34H,18-19H2,1-6H3,(H,31,33). The van der Waals surface area contributed by atoms with Crippen LogP contribution in [0.25, 0.3) is 0 Å². The van der Waals surface area contributed by atoms with E-state index in [4.69, 9.17) is 0 Å². The number of nitrogens with one attached hydrogen (secondary N) is 1. The molecule has 3 rings (SSSR count). The molecule has 0 heterocycles. The molecule has 0 aliphatic rings. The number of nitrogens with zero attached hydrogens (tertiary/aromatic N) is 1. The second kappa shape index (κ2) is 12.0. The van der Waals surface area contributed by atoms with Crippen LogP contribution >= 0.6 is 0 Å². The molecule has 6 nitrogen and oxygen atoms in total. The third-order valence-electron chi connectivity index (χ3n) is 6.33. The van der Waals surface area contributed by atoms with Gasteiger partial charge in [0, 0.05) is 6.54 Å². The minimum absolute atomic E-state index is 0.0536. The van der Waals surface area contributed by atoms with E-state index < -0.39 is 22.0 Å². The van der Waals surface area contributed by atoms with Crippen molar-refractivity contribution in [1.29, 1.82) is 0 Å². The number of rotatable bonds is 10. The number of carbonyl (C=O) groups is 1. The molecule has 3 aromatic rings. The van der Waals surface area contributed by atoms with Crippen molar-refractivity contribution in [3.05, 3.63) is 100 Å². The van der Waals surface area contributed by atoms with Gasteiger partial charge in [-0.2, -0.15) is 0 Å². The predicted octanol–water partition coefficient (Wildman–Crippen LogP) is 5.12. The maximum absolute atomic E-state index is 13.1. The van der Waals surface area contributed by atoms with Gasteiger partial charge in [-0.05, 0) is 71.4 Å². The largest absolute Gasteiger partial charge is 0.384 e. The maximum atomic E-state index is 13.1. The maximum Gasteiger partial charge on any atom is 0.264 e. The molecule has 37 heavy (non-hydrogen) atoms. The number of sulfonamides is 1. The van der Waals surface area contributed by atoms with E-state index in [9.17, 15) is 18.3 Å². The summed E-state index contributed by atoms with van der Waals surface area (Å²) in [5, 5.41) is 11.1. The summed E-state index contributed by atoms with van der Waals surface area (Å²) in [7, 11) is -0.120. The SMILES string of the molecule is CC(C)c1cc(C(O)c2ccccc2)cc(C(C)C)c1CC(=O)NS(=O)(=O)c1ccc(CN(C)C)cc1. The quantitative estimate of drug-likeness (QED) is 0.386. The van der Waals surface area contributed by atoms with Gasteiger partial charge in [0.1, 0.15) is 6.10 Å². The van der Waals surface area contributed by atoms with E-state index >= 15 is 0 Å². The minimum Gasteiger partial charge on any atom is -0.384 e. The fraction of sp³-hybridized carbons (Fsp3) is 0.367. The first-order valence-corrected chi connectivity index (χ1v) is 14.1. The minimum atomic E-state index is -4.00. The normalized spacial score (nSPS) is 12.8. The van der Waals surface area contributed by atoms with Gasteiger partial charge in [-0.25, -0.2) is 13.1 Å². The Balaban J connectivity index is 1.90. The fourth-order valence-corrected chi connectivity index (χ4v) is 5.49. The van der Waals surface area contributed by atoms with E-state index in [0.717, 1.165) is 33.4 Å². The van der Waals surface area contributed by atoms with Crippen molar-refractivity contribution in [2.75, 3.05) is 14.1 Å². The number of amides is 1. The van der Waals surface area contributed by atoms with Gasteiger partial charge in [0.2, 0.25) is 5.91 Å². The molecule has 3 aromatic carbocycles. The van der Waals surface area contributed by atoms with Crippen molar-refractivity contribution in [1.82, 2.24) is 9.62 Å². The summed E-state index contributed by atoms with van der Waals surface area (Å²) in [6, 6.07) is 19.9. The Morgan fingerprint density at radius 3 is 1.89 bits per heavy atom. The summed E-state index contributed by atoms with van der Waals surface area (Å²) in [6.45, 7) is 8.83. The van der Waals surface area contributed by atoms with E-state index in [1.54, 1.807) is 12.1 Å². The molecular weight excluding hydrogens is 484 g/mol. The van der Waals surface area contributed by atoms with E-state index in [1.165, 1.54) is 12.1 Å². The second-order valence-electron chi connectivity index (χ2n) is 10.4. The highest BCUT2D eigenvalue weighted by atomic mass is 32.2. The van der Waals surface area contributed by atoms with Crippen LogP contribution in [-0.2, 0) is 27.8 Å². The molecule has 7 heteroatoms. The molecule has 0 aromatic heterocycles. The lowest BCUT2D eigenvalue weighted by atomic mass is 9.83. The first kappa shape index (κ1) is 28.6. The molecule has 0 saturated carbocycles.